The van der Waals surface area contributed by atoms with Crippen molar-refractivity contribution in [2.24, 2.45) is 0 Å². The van der Waals surface area contributed by atoms with Crippen LogP contribution in [-0.4, -0.2) is 12.1 Å². The van der Waals surface area contributed by atoms with Crippen LogP contribution in [0.25, 0.3) is 0 Å². The van der Waals surface area contributed by atoms with E-state index in [1.165, 1.54) is 5.56 Å². The average molecular weight is 278 g/mol. The highest BCUT2D eigenvalue weighted by molar-refractivity contribution is 6.17. The molecule has 2 rings (SSSR count). The van der Waals surface area contributed by atoms with Crippen LogP contribution in [0.3, 0.4) is 0 Å². The van der Waals surface area contributed by atoms with Gasteiger partial charge in [-0.15, -0.1) is 11.6 Å². The minimum absolute atomic E-state index is 0.413. The third kappa shape index (κ3) is 3.38. The molecule has 0 saturated heterocycles. The van der Waals surface area contributed by atoms with Crippen molar-refractivity contribution in [2.45, 2.75) is 19.2 Å². The summed E-state index contributed by atoms with van der Waals surface area (Å²) in [4.78, 5) is 4.09. The lowest BCUT2D eigenvalue weighted by molar-refractivity contribution is 0.378. The van der Waals surface area contributed by atoms with Crippen LogP contribution in [0.2, 0.25) is 0 Å². The molecule has 0 fully saturated rings. The number of rotatable bonds is 5. The smallest absolute Gasteiger partial charge is 0.169 e. The Hall–Kier alpha value is -1.74. The molecule has 1 aromatic carbocycles. The Bertz CT molecular complexity index is 558. The molecule has 1 aromatic heterocycles. The maximum absolute atomic E-state index is 5.80. The summed E-state index contributed by atoms with van der Waals surface area (Å²) in [6, 6.07) is 7.78. The highest BCUT2D eigenvalue weighted by Crippen LogP contribution is 2.32. The molecular formula is C15H16ClNO2. The van der Waals surface area contributed by atoms with Crippen LogP contribution in [0, 0.1) is 0 Å². The van der Waals surface area contributed by atoms with Crippen LogP contribution in [0.15, 0.2) is 36.7 Å². The van der Waals surface area contributed by atoms with Crippen LogP contribution in [0.4, 0.5) is 0 Å². The van der Waals surface area contributed by atoms with E-state index in [0.29, 0.717) is 17.4 Å². The average Bonchev–Trinajstić information content (AvgIpc) is 2.48. The number of benzene rings is 1. The lowest BCUT2D eigenvalue weighted by Gasteiger charge is -2.11. The van der Waals surface area contributed by atoms with E-state index in [1.54, 1.807) is 19.5 Å². The molecule has 0 unspecified atom stereocenters. The quantitative estimate of drug-likeness (QED) is 0.768. The predicted molar refractivity (Wildman–Crippen MR) is 76.2 cm³/mol. The Balaban J connectivity index is 2.26. The zero-order chi connectivity index (χ0) is 13.7. The van der Waals surface area contributed by atoms with Crippen molar-refractivity contribution < 1.29 is 9.47 Å². The molecule has 0 N–H and O–H groups in total. The molecule has 0 saturated carbocycles. The Kier molecular flexibility index (Phi) is 4.63. The minimum Gasteiger partial charge on any atom is -0.493 e. The van der Waals surface area contributed by atoms with Gasteiger partial charge in [0.15, 0.2) is 11.5 Å². The fourth-order valence-corrected chi connectivity index (χ4v) is 1.88. The van der Waals surface area contributed by atoms with Crippen molar-refractivity contribution in [1.29, 1.82) is 0 Å². The number of nitrogens with zero attached hydrogens (tertiary/aromatic N) is 1. The number of ether oxygens (including phenoxy) is 2. The molecule has 0 aliphatic rings. The third-order valence-electron chi connectivity index (χ3n) is 2.79. The van der Waals surface area contributed by atoms with E-state index in [4.69, 9.17) is 21.1 Å². The van der Waals surface area contributed by atoms with E-state index in [9.17, 15) is 0 Å². The lowest BCUT2D eigenvalue weighted by Crippen LogP contribution is -1.93. The number of pyridine rings is 1. The molecular weight excluding hydrogens is 262 g/mol. The predicted octanol–water partition coefficient (Wildman–Crippen LogP) is 4.18. The lowest BCUT2D eigenvalue weighted by atomic mass is 10.1. The largest absolute Gasteiger partial charge is 0.493 e. The van der Waals surface area contributed by atoms with Crippen molar-refractivity contribution in [1.82, 2.24) is 4.98 Å². The first-order chi connectivity index (χ1) is 9.26. The number of aromatic nitrogens is 1. The molecule has 2 aromatic rings. The van der Waals surface area contributed by atoms with Gasteiger partial charge in [-0.3, -0.25) is 4.98 Å². The molecule has 4 heteroatoms. The summed E-state index contributed by atoms with van der Waals surface area (Å²) in [6.45, 7) is 2.10. The maximum atomic E-state index is 5.80. The van der Waals surface area contributed by atoms with Gasteiger partial charge < -0.3 is 9.47 Å². The van der Waals surface area contributed by atoms with Gasteiger partial charge in [0.2, 0.25) is 0 Å². The fraction of sp³-hybridized carbons (Fsp3) is 0.267. The number of aryl methyl sites for hydroxylation is 1. The molecule has 0 aliphatic heterocycles. The Labute approximate surface area is 118 Å². The second-order valence-corrected chi connectivity index (χ2v) is 4.37. The molecule has 0 aliphatic carbocycles. The van der Waals surface area contributed by atoms with Gasteiger partial charge in [-0.05, 0) is 35.7 Å². The normalized spacial score (nSPS) is 10.3. The van der Waals surface area contributed by atoms with Gasteiger partial charge in [0.05, 0.1) is 13.3 Å². The zero-order valence-corrected chi connectivity index (χ0v) is 11.8. The highest BCUT2D eigenvalue weighted by Gasteiger charge is 2.07. The van der Waals surface area contributed by atoms with Gasteiger partial charge in [-0.25, -0.2) is 0 Å². The first-order valence-corrected chi connectivity index (χ1v) is 6.65. The van der Waals surface area contributed by atoms with E-state index in [0.717, 1.165) is 17.7 Å². The second kappa shape index (κ2) is 6.43. The molecule has 0 spiro atoms. The van der Waals surface area contributed by atoms with Gasteiger partial charge in [0.1, 0.15) is 5.75 Å². The van der Waals surface area contributed by atoms with Crippen LogP contribution in [-0.2, 0) is 12.3 Å². The first kappa shape index (κ1) is 13.7. The third-order valence-corrected chi connectivity index (χ3v) is 3.10. The zero-order valence-electron chi connectivity index (χ0n) is 11.0. The van der Waals surface area contributed by atoms with Gasteiger partial charge >= 0.3 is 0 Å². The van der Waals surface area contributed by atoms with Gasteiger partial charge in [0, 0.05) is 12.1 Å². The molecule has 3 nitrogen and oxygen atoms in total. The van der Waals surface area contributed by atoms with Crippen LogP contribution in [0.5, 0.6) is 17.2 Å². The maximum Gasteiger partial charge on any atom is 0.169 e. The van der Waals surface area contributed by atoms with Gasteiger partial charge in [-0.1, -0.05) is 13.0 Å². The Morgan fingerprint density at radius 3 is 2.63 bits per heavy atom. The number of methoxy groups -OCH3 is 1. The van der Waals surface area contributed by atoms with Crippen molar-refractivity contribution in [2.75, 3.05) is 7.11 Å². The number of halogens is 1. The number of alkyl halides is 1. The topological polar surface area (TPSA) is 31.4 Å². The van der Waals surface area contributed by atoms with E-state index >= 15 is 0 Å². The van der Waals surface area contributed by atoms with Crippen LogP contribution >= 0.6 is 11.6 Å². The molecule has 0 amide bonds. The summed E-state index contributed by atoms with van der Waals surface area (Å²) < 4.78 is 11.1. The van der Waals surface area contributed by atoms with Crippen LogP contribution < -0.4 is 9.47 Å². The molecule has 0 bridgehead atoms. The summed E-state index contributed by atoms with van der Waals surface area (Å²) in [6.07, 6.45) is 4.33. The summed E-state index contributed by atoms with van der Waals surface area (Å²) in [7, 11) is 1.63. The van der Waals surface area contributed by atoms with Crippen molar-refractivity contribution in [3.05, 3.63) is 47.8 Å². The summed E-state index contributed by atoms with van der Waals surface area (Å²) in [5.41, 5.74) is 2.13. The number of hydrogen-bond donors (Lipinski definition) is 0. The number of hydrogen-bond acceptors (Lipinski definition) is 3. The minimum atomic E-state index is 0.413. The van der Waals surface area contributed by atoms with Crippen molar-refractivity contribution in [3.63, 3.8) is 0 Å². The fourth-order valence-electron chi connectivity index (χ4n) is 1.74. The summed E-state index contributed by atoms with van der Waals surface area (Å²) in [5.74, 6) is 2.46. The monoisotopic (exact) mass is 277 g/mol. The summed E-state index contributed by atoms with van der Waals surface area (Å²) in [5, 5.41) is 0. The van der Waals surface area contributed by atoms with Crippen LogP contribution in [0.1, 0.15) is 18.1 Å². The van der Waals surface area contributed by atoms with Gasteiger partial charge in [-0.2, -0.15) is 0 Å². The van der Waals surface area contributed by atoms with E-state index in [1.807, 2.05) is 24.3 Å². The molecule has 100 valence electrons. The molecule has 1 heterocycles. The Morgan fingerprint density at radius 2 is 1.95 bits per heavy atom. The van der Waals surface area contributed by atoms with Crippen molar-refractivity contribution in [3.8, 4) is 17.2 Å². The summed E-state index contributed by atoms with van der Waals surface area (Å²) >= 11 is 5.78. The van der Waals surface area contributed by atoms with Crippen molar-refractivity contribution >= 4 is 11.6 Å². The standard InChI is InChI=1S/C15H16ClNO2/c1-3-11-4-5-14(15(7-11)18-2)19-13-6-12(8-16)9-17-10-13/h4-7,9-10H,3,8H2,1-2H3. The van der Waals surface area contributed by atoms with Gasteiger partial charge in [0.25, 0.3) is 0 Å². The molecule has 0 radical (unpaired) electrons. The molecule has 19 heavy (non-hydrogen) atoms. The SMILES string of the molecule is CCc1ccc(Oc2cncc(CCl)c2)c(OC)c1. The molecule has 0 atom stereocenters. The van der Waals surface area contributed by atoms with E-state index < -0.39 is 0 Å². The van der Waals surface area contributed by atoms with E-state index in [2.05, 4.69) is 11.9 Å². The Morgan fingerprint density at radius 1 is 1.11 bits per heavy atom. The van der Waals surface area contributed by atoms with E-state index in [-0.39, 0.29) is 0 Å². The highest BCUT2D eigenvalue weighted by atomic mass is 35.5. The second-order valence-electron chi connectivity index (χ2n) is 4.10. The first-order valence-electron chi connectivity index (χ1n) is 6.11.